The second-order valence-electron chi connectivity index (χ2n) is 4.91. The molecule has 0 aliphatic heterocycles. The first-order chi connectivity index (χ1) is 10.0. The number of unbranched alkanes of at least 4 members (excludes halogenated alkanes) is 1. The van der Waals surface area contributed by atoms with Gasteiger partial charge in [-0.25, -0.2) is 13.1 Å². The van der Waals surface area contributed by atoms with E-state index in [1.807, 2.05) is 13.0 Å². The number of nitrogens with one attached hydrogen (secondary N) is 2. The molecule has 120 valence electrons. The topological polar surface area (TPSA) is 67.4 Å². The van der Waals surface area contributed by atoms with E-state index in [0.717, 1.165) is 31.4 Å². The van der Waals surface area contributed by atoms with Gasteiger partial charge in [0, 0.05) is 13.1 Å². The number of hydrogen-bond acceptors (Lipinski definition) is 4. The molecular formula is C15H26N2O3S. The molecule has 5 nitrogen and oxygen atoms in total. The van der Waals surface area contributed by atoms with Crippen LogP contribution in [0.2, 0.25) is 0 Å². The molecule has 0 atom stereocenters. The van der Waals surface area contributed by atoms with Crippen LogP contribution in [-0.2, 0) is 16.6 Å². The van der Waals surface area contributed by atoms with Crippen molar-refractivity contribution in [1.29, 1.82) is 0 Å². The summed E-state index contributed by atoms with van der Waals surface area (Å²) < 4.78 is 32.3. The van der Waals surface area contributed by atoms with Crippen LogP contribution in [-0.4, -0.2) is 28.6 Å². The summed E-state index contributed by atoms with van der Waals surface area (Å²) >= 11 is 0. The number of ether oxygens (including phenoxy) is 1. The van der Waals surface area contributed by atoms with Crippen molar-refractivity contribution >= 4 is 10.0 Å². The minimum absolute atomic E-state index is 0.195. The Hall–Kier alpha value is -1.11. The number of benzene rings is 1. The van der Waals surface area contributed by atoms with Crippen molar-refractivity contribution in [1.82, 2.24) is 10.0 Å². The van der Waals surface area contributed by atoms with Crippen LogP contribution in [0.1, 0.15) is 38.7 Å². The molecule has 0 saturated heterocycles. The van der Waals surface area contributed by atoms with Gasteiger partial charge in [0.2, 0.25) is 10.0 Å². The van der Waals surface area contributed by atoms with Gasteiger partial charge in [0.1, 0.15) is 10.6 Å². The third kappa shape index (κ3) is 5.65. The SMILES string of the molecule is CCCCNS(=O)(=O)c1ccc(CNCCC)cc1OC. The predicted molar refractivity (Wildman–Crippen MR) is 85.1 cm³/mol. The lowest BCUT2D eigenvalue weighted by molar-refractivity contribution is 0.401. The molecule has 1 aromatic carbocycles. The third-order valence-electron chi connectivity index (χ3n) is 3.10. The zero-order valence-electron chi connectivity index (χ0n) is 13.1. The fourth-order valence-electron chi connectivity index (χ4n) is 1.91. The van der Waals surface area contributed by atoms with E-state index in [4.69, 9.17) is 4.74 Å². The lowest BCUT2D eigenvalue weighted by Crippen LogP contribution is -2.25. The van der Waals surface area contributed by atoms with Crippen LogP contribution in [0.3, 0.4) is 0 Å². The molecule has 0 bridgehead atoms. The van der Waals surface area contributed by atoms with Crippen LogP contribution >= 0.6 is 0 Å². The van der Waals surface area contributed by atoms with Gasteiger partial charge in [-0.1, -0.05) is 26.3 Å². The monoisotopic (exact) mass is 314 g/mol. The van der Waals surface area contributed by atoms with Crippen molar-refractivity contribution in [2.75, 3.05) is 20.2 Å². The van der Waals surface area contributed by atoms with Crippen molar-refractivity contribution in [3.8, 4) is 5.75 Å². The first-order valence-electron chi connectivity index (χ1n) is 7.42. The van der Waals surface area contributed by atoms with Gasteiger partial charge in [-0.3, -0.25) is 0 Å². The average molecular weight is 314 g/mol. The molecule has 0 radical (unpaired) electrons. The molecule has 0 aliphatic carbocycles. The van der Waals surface area contributed by atoms with Crippen LogP contribution < -0.4 is 14.8 Å². The second kappa shape index (κ2) is 9.02. The van der Waals surface area contributed by atoms with Crippen LogP contribution in [0, 0.1) is 0 Å². The fraction of sp³-hybridized carbons (Fsp3) is 0.600. The molecule has 0 heterocycles. The molecule has 0 saturated carbocycles. The van der Waals surface area contributed by atoms with E-state index in [2.05, 4.69) is 17.0 Å². The summed E-state index contributed by atoms with van der Waals surface area (Å²) in [5, 5.41) is 3.28. The van der Waals surface area contributed by atoms with Gasteiger partial charge in [0.15, 0.2) is 0 Å². The molecule has 1 rings (SSSR count). The summed E-state index contributed by atoms with van der Waals surface area (Å²) in [5.74, 6) is 0.384. The lowest BCUT2D eigenvalue weighted by Gasteiger charge is -2.12. The van der Waals surface area contributed by atoms with Gasteiger partial charge in [-0.15, -0.1) is 0 Å². The zero-order valence-corrected chi connectivity index (χ0v) is 13.9. The molecule has 0 fully saturated rings. The van der Waals surface area contributed by atoms with E-state index in [0.29, 0.717) is 18.8 Å². The molecule has 1 aromatic rings. The smallest absolute Gasteiger partial charge is 0.244 e. The van der Waals surface area contributed by atoms with E-state index >= 15 is 0 Å². The van der Waals surface area contributed by atoms with Crippen molar-refractivity contribution in [2.45, 2.75) is 44.6 Å². The summed E-state index contributed by atoms with van der Waals surface area (Å²) in [5.41, 5.74) is 1.01. The summed E-state index contributed by atoms with van der Waals surface area (Å²) in [6.45, 7) is 6.20. The van der Waals surface area contributed by atoms with Crippen molar-refractivity contribution in [3.05, 3.63) is 23.8 Å². The van der Waals surface area contributed by atoms with E-state index in [1.54, 1.807) is 12.1 Å². The summed E-state index contributed by atoms with van der Waals surface area (Å²) in [4.78, 5) is 0.195. The lowest BCUT2D eigenvalue weighted by atomic mass is 10.2. The quantitative estimate of drug-likeness (QED) is 0.650. The molecule has 0 amide bonds. The minimum Gasteiger partial charge on any atom is -0.495 e. The van der Waals surface area contributed by atoms with Gasteiger partial charge in [-0.05, 0) is 37.1 Å². The first kappa shape index (κ1) is 17.9. The summed E-state index contributed by atoms with van der Waals surface area (Å²) in [6.07, 6.45) is 2.83. The highest BCUT2D eigenvalue weighted by molar-refractivity contribution is 7.89. The molecule has 0 spiro atoms. The Bertz CT molecular complexity index is 530. The number of sulfonamides is 1. The van der Waals surface area contributed by atoms with E-state index in [1.165, 1.54) is 7.11 Å². The second-order valence-corrected chi connectivity index (χ2v) is 6.65. The highest BCUT2D eigenvalue weighted by atomic mass is 32.2. The van der Waals surface area contributed by atoms with Crippen LogP contribution in [0.15, 0.2) is 23.1 Å². The minimum atomic E-state index is -3.51. The molecule has 0 aromatic heterocycles. The number of hydrogen-bond donors (Lipinski definition) is 2. The van der Waals surface area contributed by atoms with E-state index in [9.17, 15) is 8.42 Å². The Morgan fingerprint density at radius 1 is 1.14 bits per heavy atom. The van der Waals surface area contributed by atoms with Crippen LogP contribution in [0.5, 0.6) is 5.75 Å². The largest absolute Gasteiger partial charge is 0.495 e. The summed E-state index contributed by atoms with van der Waals surface area (Å²) in [6, 6.07) is 5.20. The van der Waals surface area contributed by atoms with Gasteiger partial charge < -0.3 is 10.1 Å². The molecule has 6 heteroatoms. The summed E-state index contributed by atoms with van der Waals surface area (Å²) in [7, 11) is -2.02. The van der Waals surface area contributed by atoms with E-state index < -0.39 is 10.0 Å². The highest BCUT2D eigenvalue weighted by Gasteiger charge is 2.19. The molecular weight excluding hydrogens is 288 g/mol. The van der Waals surface area contributed by atoms with Gasteiger partial charge in [-0.2, -0.15) is 0 Å². The maximum Gasteiger partial charge on any atom is 0.244 e. The molecule has 0 unspecified atom stereocenters. The van der Waals surface area contributed by atoms with Crippen molar-refractivity contribution < 1.29 is 13.2 Å². The Kier molecular flexibility index (Phi) is 7.71. The zero-order chi connectivity index (χ0) is 15.7. The Balaban J connectivity index is 2.87. The van der Waals surface area contributed by atoms with Gasteiger partial charge in [0.05, 0.1) is 7.11 Å². The van der Waals surface area contributed by atoms with Crippen molar-refractivity contribution in [3.63, 3.8) is 0 Å². The standard InChI is InChI=1S/C15H26N2O3S/c1-4-6-10-17-21(18,19)15-8-7-13(11-14(15)20-3)12-16-9-5-2/h7-8,11,16-17H,4-6,9-10,12H2,1-3H3. The first-order valence-corrected chi connectivity index (χ1v) is 8.90. The average Bonchev–Trinajstić information content (AvgIpc) is 2.47. The number of rotatable bonds is 10. The Morgan fingerprint density at radius 2 is 1.90 bits per heavy atom. The molecule has 2 N–H and O–H groups in total. The molecule has 0 aliphatic rings. The predicted octanol–water partition coefficient (Wildman–Crippen LogP) is 2.27. The Morgan fingerprint density at radius 3 is 2.52 bits per heavy atom. The van der Waals surface area contributed by atoms with Gasteiger partial charge >= 0.3 is 0 Å². The van der Waals surface area contributed by atoms with Gasteiger partial charge in [0.25, 0.3) is 0 Å². The normalized spacial score (nSPS) is 11.6. The molecule has 21 heavy (non-hydrogen) atoms. The third-order valence-corrected chi connectivity index (χ3v) is 4.60. The number of methoxy groups -OCH3 is 1. The highest BCUT2D eigenvalue weighted by Crippen LogP contribution is 2.24. The maximum atomic E-state index is 12.3. The van der Waals surface area contributed by atoms with E-state index in [-0.39, 0.29) is 4.90 Å². The van der Waals surface area contributed by atoms with Crippen LogP contribution in [0.4, 0.5) is 0 Å². The Labute approximate surface area is 128 Å². The van der Waals surface area contributed by atoms with Crippen molar-refractivity contribution in [2.24, 2.45) is 0 Å². The maximum absolute atomic E-state index is 12.3. The van der Waals surface area contributed by atoms with Crippen LogP contribution in [0.25, 0.3) is 0 Å². The fourth-order valence-corrected chi connectivity index (χ4v) is 3.14.